The van der Waals surface area contributed by atoms with Crippen molar-refractivity contribution >= 4 is 17.6 Å². The number of carbonyl (C=O) groups excluding carboxylic acids is 3. The Kier molecular flexibility index (Phi) is 8.89. The Bertz CT molecular complexity index is 1000. The van der Waals surface area contributed by atoms with Crippen LogP contribution in [0.25, 0.3) is 0 Å². The second-order valence-electron chi connectivity index (χ2n) is 8.38. The lowest BCUT2D eigenvalue weighted by Crippen LogP contribution is -2.53. The molecule has 5 nitrogen and oxygen atoms in total. The number of ketones is 1. The van der Waals surface area contributed by atoms with Gasteiger partial charge in [-0.05, 0) is 42.0 Å². The minimum Gasteiger partial charge on any atom is -0.369 e. The van der Waals surface area contributed by atoms with Crippen molar-refractivity contribution in [3.8, 4) is 0 Å². The van der Waals surface area contributed by atoms with Crippen molar-refractivity contribution in [2.45, 2.75) is 38.9 Å². The van der Waals surface area contributed by atoms with Crippen LogP contribution in [-0.2, 0) is 27.2 Å². The van der Waals surface area contributed by atoms with E-state index >= 15 is 0 Å². The molecule has 0 heterocycles. The zero-order valence-corrected chi connectivity index (χ0v) is 18.5. The summed E-state index contributed by atoms with van der Waals surface area (Å²) in [5.41, 5.74) is 6.13. The van der Waals surface area contributed by atoms with Crippen LogP contribution in [0.15, 0.2) is 48.5 Å². The van der Waals surface area contributed by atoms with Crippen molar-refractivity contribution in [1.29, 1.82) is 0 Å². The number of hydrogen-bond acceptors (Lipinski definition) is 3. The zero-order valence-electron chi connectivity index (χ0n) is 18.5. The van der Waals surface area contributed by atoms with Crippen LogP contribution >= 0.6 is 0 Å². The van der Waals surface area contributed by atoms with Gasteiger partial charge in [-0.3, -0.25) is 14.4 Å². The fourth-order valence-corrected chi connectivity index (χ4v) is 3.68. The maximum atomic E-state index is 13.7. The van der Waals surface area contributed by atoms with E-state index in [1.807, 2.05) is 0 Å². The van der Waals surface area contributed by atoms with Crippen LogP contribution in [0.5, 0.6) is 0 Å². The van der Waals surface area contributed by atoms with Gasteiger partial charge >= 0.3 is 6.18 Å². The largest absolute Gasteiger partial charge is 0.452 e. The molecule has 2 amide bonds. The number of nitrogens with one attached hydrogen (secondary N) is 1. The van der Waals surface area contributed by atoms with Gasteiger partial charge in [0, 0.05) is 6.07 Å². The molecule has 0 aliphatic rings. The third kappa shape index (κ3) is 7.36. The van der Waals surface area contributed by atoms with Crippen molar-refractivity contribution in [3.05, 3.63) is 71.3 Å². The first kappa shape index (κ1) is 26.9. The van der Waals surface area contributed by atoms with E-state index < -0.39 is 59.2 Å². The summed E-state index contributed by atoms with van der Waals surface area (Å²) < 4.78 is 66.5. The smallest absolute Gasteiger partial charge is 0.369 e. The fraction of sp³-hybridized carbons (Fsp3) is 0.375. The average Bonchev–Trinajstić information content (AvgIpc) is 2.72. The topological polar surface area (TPSA) is 89.3 Å². The highest BCUT2D eigenvalue weighted by Crippen LogP contribution is 2.26. The highest BCUT2D eigenvalue weighted by atomic mass is 19.4. The van der Waals surface area contributed by atoms with E-state index in [-0.39, 0.29) is 18.4 Å². The van der Waals surface area contributed by atoms with Crippen LogP contribution < -0.4 is 11.1 Å². The summed E-state index contributed by atoms with van der Waals surface area (Å²) in [5.74, 6) is -9.46. The van der Waals surface area contributed by atoms with Crippen LogP contribution in [0, 0.1) is 29.4 Å². The number of Topliss-reactive ketones (excluding diaryl/α,β-unsaturated/α-hetero) is 1. The molecule has 0 fully saturated rings. The van der Waals surface area contributed by atoms with Crippen LogP contribution in [0.1, 0.15) is 25.0 Å². The quantitative estimate of drug-likeness (QED) is 0.504. The summed E-state index contributed by atoms with van der Waals surface area (Å²) in [7, 11) is 0. The number of halogens is 5. The summed E-state index contributed by atoms with van der Waals surface area (Å²) in [4.78, 5) is 37.4. The molecule has 34 heavy (non-hydrogen) atoms. The van der Waals surface area contributed by atoms with E-state index in [0.29, 0.717) is 11.6 Å². The van der Waals surface area contributed by atoms with E-state index in [0.717, 1.165) is 12.1 Å². The van der Waals surface area contributed by atoms with Gasteiger partial charge in [0.2, 0.25) is 11.8 Å². The van der Waals surface area contributed by atoms with E-state index in [9.17, 15) is 36.3 Å². The van der Waals surface area contributed by atoms with E-state index in [1.165, 1.54) is 13.8 Å². The van der Waals surface area contributed by atoms with Crippen LogP contribution in [-0.4, -0.2) is 29.8 Å². The molecule has 0 aliphatic carbocycles. The van der Waals surface area contributed by atoms with Crippen LogP contribution in [0.3, 0.4) is 0 Å². The number of hydrogen-bond donors (Lipinski definition) is 2. The van der Waals surface area contributed by atoms with E-state index in [1.54, 1.807) is 30.3 Å². The lowest BCUT2D eigenvalue weighted by Gasteiger charge is -2.28. The molecule has 10 heteroatoms. The van der Waals surface area contributed by atoms with Crippen molar-refractivity contribution in [2.75, 3.05) is 0 Å². The Morgan fingerprint density at radius 2 is 1.41 bits per heavy atom. The number of nitrogens with two attached hydrogens (primary N) is 1. The van der Waals surface area contributed by atoms with Crippen molar-refractivity contribution in [3.63, 3.8) is 0 Å². The number of alkyl halides is 3. The van der Waals surface area contributed by atoms with Gasteiger partial charge < -0.3 is 11.1 Å². The Morgan fingerprint density at radius 1 is 0.882 bits per heavy atom. The van der Waals surface area contributed by atoms with Gasteiger partial charge in [0.25, 0.3) is 5.78 Å². The first-order valence-corrected chi connectivity index (χ1v) is 10.5. The predicted molar refractivity (Wildman–Crippen MR) is 114 cm³/mol. The molecule has 2 aromatic carbocycles. The van der Waals surface area contributed by atoms with Gasteiger partial charge in [0.15, 0.2) is 0 Å². The minimum atomic E-state index is -5.18. The second-order valence-corrected chi connectivity index (χ2v) is 8.38. The fourth-order valence-electron chi connectivity index (χ4n) is 3.68. The van der Waals surface area contributed by atoms with Crippen molar-refractivity contribution in [1.82, 2.24) is 5.32 Å². The van der Waals surface area contributed by atoms with Gasteiger partial charge in [-0.2, -0.15) is 13.2 Å². The van der Waals surface area contributed by atoms with E-state index in [2.05, 4.69) is 5.32 Å². The van der Waals surface area contributed by atoms with Gasteiger partial charge in [-0.1, -0.05) is 44.2 Å². The van der Waals surface area contributed by atoms with Gasteiger partial charge in [0.05, 0.1) is 17.9 Å². The van der Waals surface area contributed by atoms with Crippen molar-refractivity contribution < 1.29 is 36.3 Å². The molecule has 184 valence electrons. The summed E-state index contributed by atoms with van der Waals surface area (Å²) >= 11 is 0. The first-order valence-electron chi connectivity index (χ1n) is 10.5. The first-order chi connectivity index (χ1) is 15.8. The average molecular weight is 484 g/mol. The lowest BCUT2D eigenvalue weighted by molar-refractivity contribution is -0.175. The summed E-state index contributed by atoms with van der Waals surface area (Å²) in [6.07, 6.45) is -5.63. The number of primary amides is 1. The monoisotopic (exact) mass is 484 g/mol. The Labute approximate surface area is 193 Å². The number of amides is 2. The highest BCUT2D eigenvalue weighted by molar-refractivity contribution is 5.94. The molecule has 0 saturated carbocycles. The van der Waals surface area contributed by atoms with Gasteiger partial charge in [-0.25, -0.2) is 8.78 Å². The SMILES string of the molecule is CC(C)[C@H](NC(=O)[C@@H](Cc1ccccc1)C(Cc1cc(F)cc(F)c1)C(N)=O)C(=O)C(F)(F)F. The Hall–Kier alpha value is -3.30. The molecule has 0 aromatic heterocycles. The standard InChI is InChI=1S/C24H25F5N2O3/c1-13(2)20(21(32)24(27,28)29)31-23(34)19(10-14-6-4-3-5-7-14)18(22(30)33)11-15-8-16(25)12-17(26)9-15/h3-9,12-13,18-20H,10-11H2,1-2H3,(H2,30,33)(H,31,34)/t18?,19-,20-/m0/s1. The molecule has 3 N–H and O–H groups in total. The second kappa shape index (κ2) is 11.2. The molecular formula is C24H25F5N2O3. The molecule has 0 radical (unpaired) electrons. The normalized spacial score (nSPS) is 14.4. The molecular weight excluding hydrogens is 459 g/mol. The number of carbonyl (C=O) groups is 3. The van der Waals surface area contributed by atoms with Crippen LogP contribution in [0.2, 0.25) is 0 Å². The molecule has 3 atom stereocenters. The lowest BCUT2D eigenvalue weighted by atomic mass is 9.81. The third-order valence-electron chi connectivity index (χ3n) is 5.39. The third-order valence-corrected chi connectivity index (χ3v) is 5.39. The zero-order chi connectivity index (χ0) is 25.6. The maximum absolute atomic E-state index is 13.7. The predicted octanol–water partition coefficient (Wildman–Crippen LogP) is 3.74. The Morgan fingerprint density at radius 3 is 1.88 bits per heavy atom. The van der Waals surface area contributed by atoms with Crippen LogP contribution in [0.4, 0.5) is 22.0 Å². The molecule has 0 aliphatic heterocycles. The minimum absolute atomic E-state index is 0.0407. The molecule has 1 unspecified atom stereocenters. The van der Waals surface area contributed by atoms with Crippen molar-refractivity contribution in [2.24, 2.45) is 23.5 Å². The summed E-state index contributed by atoms with van der Waals surface area (Å²) in [6, 6.07) is 9.00. The molecule has 0 spiro atoms. The Balaban J connectivity index is 2.44. The molecule has 2 aromatic rings. The molecule has 0 bridgehead atoms. The summed E-state index contributed by atoms with van der Waals surface area (Å²) in [5, 5.41) is 2.12. The maximum Gasteiger partial charge on any atom is 0.452 e. The molecule has 0 saturated heterocycles. The number of rotatable bonds is 10. The van der Waals surface area contributed by atoms with Gasteiger partial charge in [-0.15, -0.1) is 0 Å². The van der Waals surface area contributed by atoms with Gasteiger partial charge in [0.1, 0.15) is 11.6 Å². The molecule has 2 rings (SSSR count). The van der Waals surface area contributed by atoms with E-state index in [4.69, 9.17) is 5.73 Å². The highest BCUT2D eigenvalue weighted by Gasteiger charge is 2.46. The summed E-state index contributed by atoms with van der Waals surface area (Å²) in [6.45, 7) is 2.67. The number of benzene rings is 2.